The molecule has 1 fully saturated rings. The summed E-state index contributed by atoms with van der Waals surface area (Å²) in [7, 11) is 1.88. The van der Waals surface area contributed by atoms with Gasteiger partial charge in [0.05, 0.1) is 40.3 Å². The Balaban J connectivity index is 1.51. The van der Waals surface area contributed by atoms with E-state index in [-0.39, 0.29) is 11.8 Å². The first kappa shape index (κ1) is 29.4. The van der Waals surface area contributed by atoms with Gasteiger partial charge in [-0.3, -0.25) is 9.69 Å². The number of amidine groups is 1. The Morgan fingerprint density at radius 2 is 1.93 bits per heavy atom. The molecule has 42 heavy (non-hydrogen) atoms. The topological polar surface area (TPSA) is 110 Å². The Kier molecular flexibility index (Phi) is 9.27. The lowest BCUT2D eigenvalue weighted by Gasteiger charge is -2.17. The second kappa shape index (κ2) is 13.2. The van der Waals surface area contributed by atoms with E-state index < -0.39 is 6.09 Å². The van der Waals surface area contributed by atoms with Crippen molar-refractivity contribution in [3.05, 3.63) is 87.8 Å². The quantitative estimate of drug-likeness (QED) is 0.218. The van der Waals surface area contributed by atoms with Crippen LogP contribution in [0.15, 0.2) is 86.6 Å². The molecule has 3 aromatic rings. The van der Waals surface area contributed by atoms with Crippen LogP contribution in [0.1, 0.15) is 18.1 Å². The molecule has 2 N–H and O–H groups in total. The average molecular weight is 619 g/mol. The van der Waals surface area contributed by atoms with Gasteiger partial charge in [-0.05, 0) is 54.6 Å². The molecule has 2 aliphatic heterocycles. The van der Waals surface area contributed by atoms with E-state index in [1.807, 2.05) is 61.3 Å². The fraction of sp³-hybridized carbons (Fsp3) is 0.200. The van der Waals surface area contributed by atoms with Crippen molar-refractivity contribution in [1.82, 2.24) is 10.2 Å². The Morgan fingerprint density at radius 3 is 2.67 bits per heavy atom. The summed E-state index contributed by atoms with van der Waals surface area (Å²) in [5.41, 5.74) is 3.62. The molecule has 12 heteroatoms. The predicted molar refractivity (Wildman–Crippen MR) is 169 cm³/mol. The number of benzene rings is 3. The number of amides is 2. The van der Waals surface area contributed by atoms with Crippen LogP contribution in [0.5, 0.6) is 5.75 Å². The second-order valence-electron chi connectivity index (χ2n) is 9.18. The third kappa shape index (κ3) is 6.36. The third-order valence-corrected chi connectivity index (χ3v) is 8.95. The highest BCUT2D eigenvalue weighted by atomic mass is 35.5. The summed E-state index contributed by atoms with van der Waals surface area (Å²) >= 11 is 8.41. The van der Waals surface area contributed by atoms with E-state index in [1.165, 1.54) is 23.5 Å². The lowest BCUT2D eigenvalue weighted by Crippen LogP contribution is -2.29. The first-order valence-electron chi connectivity index (χ1n) is 13.1. The molecule has 2 amide bonds. The van der Waals surface area contributed by atoms with Crippen LogP contribution in [0, 0.1) is 11.3 Å². The van der Waals surface area contributed by atoms with Crippen molar-refractivity contribution >= 4 is 69.4 Å². The number of nitrogens with zero attached hydrogens (tertiary/aromatic N) is 4. The van der Waals surface area contributed by atoms with Crippen LogP contribution in [0.2, 0.25) is 0 Å². The minimum atomic E-state index is -0.584. The second-order valence-corrected chi connectivity index (χ2v) is 11.6. The highest BCUT2D eigenvalue weighted by Gasteiger charge is 2.39. The zero-order valence-corrected chi connectivity index (χ0v) is 25.3. The van der Waals surface area contributed by atoms with E-state index in [1.54, 1.807) is 29.2 Å². The van der Waals surface area contributed by atoms with Crippen molar-refractivity contribution < 1.29 is 14.3 Å². The monoisotopic (exact) mass is 618 g/mol. The first-order valence-corrected chi connectivity index (χ1v) is 15.3. The molecule has 2 heterocycles. The summed E-state index contributed by atoms with van der Waals surface area (Å²) in [4.78, 5) is 36.0. The number of hydrogen-bond acceptors (Lipinski definition) is 9. The normalized spacial score (nSPS) is 16.9. The van der Waals surface area contributed by atoms with Crippen molar-refractivity contribution in [3.8, 4) is 11.8 Å². The third-order valence-electron chi connectivity index (χ3n) is 6.33. The van der Waals surface area contributed by atoms with Gasteiger partial charge in [-0.2, -0.15) is 5.26 Å². The van der Waals surface area contributed by atoms with Crippen LogP contribution < -0.4 is 20.3 Å². The number of carbonyl (C=O) groups excluding carboxylic acids is 2. The van der Waals surface area contributed by atoms with Crippen molar-refractivity contribution in [1.29, 1.82) is 5.26 Å². The average Bonchev–Trinajstić information content (AvgIpc) is 3.48. The number of alkyl halides is 1. The Morgan fingerprint density at radius 1 is 1.12 bits per heavy atom. The summed E-state index contributed by atoms with van der Waals surface area (Å²) < 4.78 is 5.40. The van der Waals surface area contributed by atoms with Gasteiger partial charge in [0.15, 0.2) is 5.17 Å². The molecule has 0 atom stereocenters. The minimum absolute atomic E-state index is 0.164. The van der Waals surface area contributed by atoms with E-state index >= 15 is 0 Å². The van der Waals surface area contributed by atoms with Gasteiger partial charge in [0, 0.05) is 37.0 Å². The number of thioether (sulfide) groups is 2. The van der Waals surface area contributed by atoms with Crippen molar-refractivity contribution in [2.45, 2.75) is 18.4 Å². The maximum absolute atomic E-state index is 14.0. The Labute approximate surface area is 257 Å². The maximum atomic E-state index is 14.0. The molecule has 0 bridgehead atoms. The van der Waals surface area contributed by atoms with Gasteiger partial charge in [0.2, 0.25) is 0 Å². The summed E-state index contributed by atoms with van der Waals surface area (Å²) in [6.45, 7) is 3.31. The maximum Gasteiger partial charge on any atom is 0.412 e. The van der Waals surface area contributed by atoms with E-state index in [0.29, 0.717) is 46.7 Å². The van der Waals surface area contributed by atoms with E-state index in [0.717, 1.165) is 26.9 Å². The van der Waals surface area contributed by atoms with E-state index in [9.17, 15) is 14.9 Å². The van der Waals surface area contributed by atoms with E-state index in [4.69, 9.17) is 21.3 Å². The molecule has 0 aromatic heterocycles. The Bertz CT molecular complexity index is 1620. The van der Waals surface area contributed by atoms with Gasteiger partial charge in [-0.25, -0.2) is 9.79 Å². The van der Waals surface area contributed by atoms with Gasteiger partial charge >= 0.3 is 6.09 Å². The lowest BCUT2D eigenvalue weighted by molar-refractivity contribution is -0.122. The molecule has 2 aliphatic rings. The zero-order valence-electron chi connectivity index (χ0n) is 22.9. The number of nitriles is 1. The predicted octanol–water partition coefficient (Wildman–Crippen LogP) is 6.49. The number of aliphatic imine (C=N–C) groups is 1. The summed E-state index contributed by atoms with van der Waals surface area (Å²) in [5.74, 6) is 0.503. The number of anilines is 2. The lowest BCUT2D eigenvalue weighted by atomic mass is 10.2. The number of hydrogen-bond donors (Lipinski definition) is 2. The number of ether oxygens (including phenoxy) is 1. The zero-order chi connectivity index (χ0) is 29.6. The highest BCUT2D eigenvalue weighted by molar-refractivity contribution is 8.19. The molecule has 0 saturated carbocycles. The molecule has 0 spiro atoms. The van der Waals surface area contributed by atoms with Gasteiger partial charge in [0.1, 0.15) is 10.7 Å². The highest BCUT2D eigenvalue weighted by Crippen LogP contribution is 2.51. The summed E-state index contributed by atoms with van der Waals surface area (Å²) in [6.07, 6.45) is -0.584. The molecule has 1 saturated heterocycles. The Hall–Kier alpha value is -4.11. The van der Waals surface area contributed by atoms with Gasteiger partial charge in [0.25, 0.3) is 5.91 Å². The molecule has 9 nitrogen and oxygen atoms in total. The van der Waals surface area contributed by atoms with Crippen LogP contribution in [-0.2, 0) is 11.3 Å². The summed E-state index contributed by atoms with van der Waals surface area (Å²) in [6, 6.07) is 22.6. The standard InChI is InChI=1S/C30H27ClN6O3S2/c1-3-33-22-11-9-20(17-32)15-23(22)35-29-37(18-19-7-5-4-6-8-19)27(38)26(42-29)28-36(2)24-16-21(10-12-25(24)41-28)40-30(39)34-14-13-31/h4-12,15-16,33H,3,13-14,18H2,1-2H3,(H,34,39)/b28-26-,35-29+. The van der Waals surface area contributed by atoms with Crippen molar-refractivity contribution in [2.75, 3.05) is 36.2 Å². The van der Waals surface area contributed by atoms with Gasteiger partial charge in [-0.15, -0.1) is 11.6 Å². The molecule has 0 aliphatic carbocycles. The van der Waals surface area contributed by atoms with Crippen LogP contribution in [0.25, 0.3) is 0 Å². The minimum Gasteiger partial charge on any atom is -0.410 e. The first-order chi connectivity index (χ1) is 20.4. The number of rotatable bonds is 8. The van der Waals surface area contributed by atoms with Crippen LogP contribution >= 0.6 is 35.1 Å². The van der Waals surface area contributed by atoms with Crippen LogP contribution in [0.3, 0.4) is 0 Å². The van der Waals surface area contributed by atoms with Gasteiger partial charge < -0.3 is 20.3 Å². The van der Waals surface area contributed by atoms with Crippen molar-refractivity contribution in [3.63, 3.8) is 0 Å². The SMILES string of the molecule is CCNc1ccc(C#N)cc1/N=C1/S/C(=C2\Sc3ccc(OC(=O)NCCCl)cc3N2C)C(=O)N1Cc1ccccc1. The molecular formula is C30H27ClN6O3S2. The van der Waals surface area contributed by atoms with Crippen LogP contribution in [0.4, 0.5) is 21.9 Å². The molecule has 3 aromatic carbocycles. The van der Waals surface area contributed by atoms with Crippen molar-refractivity contribution in [2.24, 2.45) is 4.99 Å². The fourth-order valence-electron chi connectivity index (χ4n) is 4.34. The smallest absolute Gasteiger partial charge is 0.410 e. The molecular weight excluding hydrogens is 592 g/mol. The number of nitrogens with one attached hydrogen (secondary N) is 2. The number of carbonyl (C=O) groups is 2. The molecule has 0 radical (unpaired) electrons. The molecule has 0 unspecified atom stereocenters. The van der Waals surface area contributed by atoms with Crippen LogP contribution in [-0.4, -0.2) is 48.1 Å². The van der Waals surface area contributed by atoms with Gasteiger partial charge in [-0.1, -0.05) is 42.1 Å². The largest absolute Gasteiger partial charge is 0.412 e. The fourth-order valence-corrected chi connectivity index (χ4v) is 6.75. The van der Waals surface area contributed by atoms with E-state index in [2.05, 4.69) is 16.7 Å². The molecule has 214 valence electrons. The number of fused-ring (bicyclic) bond motifs is 1. The molecule has 5 rings (SSSR count). The summed E-state index contributed by atoms with van der Waals surface area (Å²) in [5, 5.41) is 16.6. The number of halogens is 1.